The van der Waals surface area contributed by atoms with E-state index < -0.39 is 6.17 Å². The van der Waals surface area contributed by atoms with Crippen LogP contribution in [-0.4, -0.2) is 66.0 Å². The van der Waals surface area contributed by atoms with Gasteiger partial charge in [0.15, 0.2) is 5.11 Å². The van der Waals surface area contributed by atoms with Crippen LogP contribution in [0.15, 0.2) is 71.7 Å². The Kier molecular flexibility index (Phi) is 7.09. The number of carbonyl (C=O) groups excluding carboxylic acids is 1. The summed E-state index contributed by atoms with van der Waals surface area (Å²) in [6.07, 6.45) is -0.878. The largest absolute Gasteiger partial charge is 0.353 e. The Morgan fingerprint density at radius 2 is 1.75 bits per heavy atom. The molecule has 0 spiro atoms. The minimum Gasteiger partial charge on any atom is -0.353 e. The Labute approximate surface area is 225 Å². The van der Waals surface area contributed by atoms with Crippen molar-refractivity contribution in [3.63, 3.8) is 0 Å². The van der Waals surface area contributed by atoms with E-state index >= 15 is 0 Å². The third-order valence-electron chi connectivity index (χ3n) is 6.30. The average molecular weight is 539 g/mol. The summed E-state index contributed by atoms with van der Waals surface area (Å²) < 4.78 is 0. The number of aliphatic imine (C=N–C) groups is 1. The molecule has 1 atom stereocenters. The van der Waals surface area contributed by atoms with Gasteiger partial charge in [-0.15, -0.1) is 0 Å². The molecule has 1 N–H and O–H groups in total. The summed E-state index contributed by atoms with van der Waals surface area (Å²) in [5.74, 6) is 0.642. The van der Waals surface area contributed by atoms with Gasteiger partial charge >= 0.3 is 0 Å². The number of benzene rings is 2. The molecule has 2 aliphatic heterocycles. The first-order valence-electron chi connectivity index (χ1n) is 11.5. The van der Waals surface area contributed by atoms with Gasteiger partial charge in [-0.05, 0) is 42.5 Å². The van der Waals surface area contributed by atoms with E-state index in [-0.39, 0.29) is 5.91 Å². The molecule has 7 nitrogen and oxygen atoms in total. The van der Waals surface area contributed by atoms with Gasteiger partial charge in [-0.2, -0.15) is 0 Å². The Morgan fingerprint density at radius 1 is 1.00 bits per heavy atom. The second kappa shape index (κ2) is 10.4. The quantitative estimate of drug-likeness (QED) is 0.397. The highest BCUT2D eigenvalue weighted by Gasteiger charge is 2.32. The summed E-state index contributed by atoms with van der Waals surface area (Å²) in [7, 11) is 1.74. The first kappa shape index (κ1) is 24.5. The number of amides is 1. The molecule has 0 bridgehead atoms. The molecular weight excluding hydrogens is 515 g/mol. The lowest BCUT2D eigenvalue weighted by atomic mass is 10.0. The van der Waals surface area contributed by atoms with Crippen molar-refractivity contribution < 1.29 is 4.79 Å². The van der Waals surface area contributed by atoms with Gasteiger partial charge in [0.1, 0.15) is 11.0 Å². The molecule has 2 aromatic carbocycles. The number of benzodiazepines with no additional fused rings is 1. The normalized spacial score (nSPS) is 17.9. The maximum absolute atomic E-state index is 13.5. The van der Waals surface area contributed by atoms with Crippen LogP contribution in [0.1, 0.15) is 11.1 Å². The number of likely N-dealkylation sites (N-methyl/N-ethyl adjacent to an activating group) is 1. The zero-order valence-corrected chi connectivity index (χ0v) is 21.9. The number of aromatic nitrogens is 1. The topological polar surface area (TPSA) is 64.1 Å². The molecule has 0 aliphatic carbocycles. The smallest absolute Gasteiger partial charge is 0.272 e. The van der Waals surface area contributed by atoms with Gasteiger partial charge in [0.25, 0.3) is 5.91 Å². The van der Waals surface area contributed by atoms with Crippen LogP contribution in [0.4, 0.5) is 11.5 Å². The summed E-state index contributed by atoms with van der Waals surface area (Å²) in [6.45, 7) is 2.83. The van der Waals surface area contributed by atoms with Crippen LogP contribution in [0.3, 0.4) is 0 Å². The van der Waals surface area contributed by atoms with Crippen molar-refractivity contribution in [2.24, 2.45) is 4.99 Å². The number of rotatable bonds is 3. The van der Waals surface area contributed by atoms with Crippen LogP contribution < -0.4 is 15.1 Å². The lowest BCUT2D eigenvalue weighted by Crippen LogP contribution is -2.55. The summed E-state index contributed by atoms with van der Waals surface area (Å²) in [4.78, 5) is 28.6. The minimum atomic E-state index is -0.878. The Bertz CT molecular complexity index is 1330. The fourth-order valence-electron chi connectivity index (χ4n) is 4.39. The van der Waals surface area contributed by atoms with Gasteiger partial charge in [-0.1, -0.05) is 59.6 Å². The van der Waals surface area contributed by atoms with Crippen molar-refractivity contribution in [2.45, 2.75) is 6.17 Å². The van der Waals surface area contributed by atoms with Crippen LogP contribution in [0.2, 0.25) is 10.2 Å². The molecule has 1 saturated heterocycles. The van der Waals surface area contributed by atoms with Crippen LogP contribution in [0.25, 0.3) is 0 Å². The van der Waals surface area contributed by atoms with Gasteiger partial charge in [0.05, 0.1) is 11.4 Å². The SMILES string of the molecule is CN1C(=O)C(NC(=S)N2CCN(c3cccc(Cl)n3)CC2)N=C(c2ccccc2)c2cc(Cl)ccc21. The molecule has 1 unspecified atom stereocenters. The van der Waals surface area contributed by atoms with Crippen molar-refractivity contribution in [3.8, 4) is 0 Å². The Balaban J connectivity index is 1.38. The predicted molar refractivity (Wildman–Crippen MR) is 149 cm³/mol. The number of piperazine rings is 1. The molecule has 184 valence electrons. The molecule has 1 aromatic heterocycles. The van der Waals surface area contributed by atoms with Crippen molar-refractivity contribution in [3.05, 3.63) is 88.0 Å². The first-order valence-corrected chi connectivity index (χ1v) is 12.7. The predicted octanol–water partition coefficient (Wildman–Crippen LogP) is 4.23. The third kappa shape index (κ3) is 5.02. The molecule has 36 heavy (non-hydrogen) atoms. The summed E-state index contributed by atoms with van der Waals surface area (Å²) in [5.41, 5.74) is 3.11. The number of thiocarbonyl (C=S) groups is 1. The highest BCUT2D eigenvalue weighted by atomic mass is 35.5. The second-order valence-electron chi connectivity index (χ2n) is 8.55. The number of hydrogen-bond donors (Lipinski definition) is 1. The standard InChI is InChI=1S/C26H24Cl2N6OS/c1-32-20-11-10-18(27)16-19(20)23(17-6-3-2-4-7-17)30-24(25(32)35)31-26(36)34-14-12-33(13-15-34)22-9-5-8-21(28)29-22/h2-11,16,24H,12-15H2,1H3,(H,31,36). The van der Waals surface area contributed by atoms with Gasteiger partial charge in [0.2, 0.25) is 6.17 Å². The molecule has 0 radical (unpaired) electrons. The molecule has 3 heterocycles. The fraction of sp³-hybridized carbons (Fsp3) is 0.231. The monoisotopic (exact) mass is 538 g/mol. The number of nitrogens with one attached hydrogen (secondary N) is 1. The number of hydrogen-bond acceptors (Lipinski definition) is 5. The van der Waals surface area contributed by atoms with Crippen molar-refractivity contribution in [1.29, 1.82) is 0 Å². The van der Waals surface area contributed by atoms with E-state index in [2.05, 4.69) is 20.1 Å². The van der Waals surface area contributed by atoms with Crippen LogP contribution in [-0.2, 0) is 4.79 Å². The minimum absolute atomic E-state index is 0.200. The van der Waals surface area contributed by atoms with Gasteiger partial charge < -0.3 is 20.0 Å². The molecule has 1 fully saturated rings. The van der Waals surface area contributed by atoms with Gasteiger partial charge in [-0.3, -0.25) is 4.79 Å². The van der Waals surface area contributed by atoms with E-state index in [4.69, 9.17) is 40.4 Å². The molecule has 3 aromatic rings. The Morgan fingerprint density at radius 3 is 2.47 bits per heavy atom. The number of nitrogens with zero attached hydrogens (tertiary/aromatic N) is 5. The zero-order valence-electron chi connectivity index (χ0n) is 19.6. The summed E-state index contributed by atoms with van der Waals surface area (Å²) in [5, 5.41) is 4.74. The number of anilines is 2. The second-order valence-corrected chi connectivity index (χ2v) is 9.76. The maximum atomic E-state index is 13.5. The van der Waals surface area contributed by atoms with Crippen molar-refractivity contribution in [2.75, 3.05) is 43.0 Å². The first-order chi connectivity index (χ1) is 17.4. The highest BCUT2D eigenvalue weighted by Crippen LogP contribution is 2.30. The molecule has 10 heteroatoms. The fourth-order valence-corrected chi connectivity index (χ4v) is 5.01. The summed E-state index contributed by atoms with van der Waals surface area (Å²) in [6, 6.07) is 20.8. The lowest BCUT2D eigenvalue weighted by molar-refractivity contribution is -0.119. The number of carbonyl (C=O) groups is 1. The molecule has 5 rings (SSSR count). The van der Waals surface area contributed by atoms with E-state index in [1.165, 1.54) is 0 Å². The van der Waals surface area contributed by atoms with E-state index in [9.17, 15) is 4.79 Å². The van der Waals surface area contributed by atoms with Crippen LogP contribution in [0, 0.1) is 0 Å². The van der Waals surface area contributed by atoms with Crippen LogP contribution >= 0.6 is 35.4 Å². The van der Waals surface area contributed by atoms with Crippen LogP contribution in [0.5, 0.6) is 0 Å². The van der Waals surface area contributed by atoms with E-state index in [0.29, 0.717) is 34.1 Å². The molecule has 2 aliphatic rings. The van der Waals surface area contributed by atoms with E-state index in [1.807, 2.05) is 54.6 Å². The number of pyridine rings is 1. The third-order valence-corrected chi connectivity index (χ3v) is 7.12. The number of halogens is 2. The van der Waals surface area contributed by atoms with Gasteiger partial charge in [0, 0.05) is 49.4 Å². The lowest BCUT2D eigenvalue weighted by Gasteiger charge is -2.37. The van der Waals surface area contributed by atoms with E-state index in [0.717, 1.165) is 35.7 Å². The molecule has 1 amide bonds. The van der Waals surface area contributed by atoms with E-state index in [1.54, 1.807) is 24.1 Å². The number of fused-ring (bicyclic) bond motifs is 1. The summed E-state index contributed by atoms with van der Waals surface area (Å²) >= 11 is 18.1. The zero-order chi connectivity index (χ0) is 25.2. The van der Waals surface area contributed by atoms with Gasteiger partial charge in [-0.25, -0.2) is 9.98 Å². The average Bonchev–Trinajstić information content (AvgIpc) is 2.99. The van der Waals surface area contributed by atoms with Crippen molar-refractivity contribution >= 4 is 63.7 Å². The Hall–Kier alpha value is -3.20. The molecule has 0 saturated carbocycles. The highest BCUT2D eigenvalue weighted by molar-refractivity contribution is 7.80. The van der Waals surface area contributed by atoms with Crippen molar-refractivity contribution in [1.82, 2.24) is 15.2 Å². The maximum Gasteiger partial charge on any atom is 0.272 e. The molecular formula is C26H24Cl2N6OS.